The van der Waals surface area contributed by atoms with Gasteiger partial charge in [0.15, 0.2) is 0 Å². The van der Waals surface area contributed by atoms with Gasteiger partial charge in [-0.15, -0.1) is 0 Å². The molecular formula is C24H23FN4O2. The van der Waals surface area contributed by atoms with Gasteiger partial charge in [-0.25, -0.2) is 4.79 Å². The van der Waals surface area contributed by atoms with Crippen molar-refractivity contribution in [3.63, 3.8) is 0 Å². The number of hydrogen-bond donors (Lipinski definition) is 0. The maximum absolute atomic E-state index is 14.4. The molecule has 0 aliphatic carbocycles. The molecule has 0 spiro atoms. The van der Waals surface area contributed by atoms with E-state index in [0.717, 1.165) is 23.7 Å². The fraction of sp³-hybridized carbons (Fsp3) is 0.208. The van der Waals surface area contributed by atoms with Crippen LogP contribution >= 0.6 is 0 Å². The number of aryl methyl sites for hydroxylation is 1. The van der Waals surface area contributed by atoms with E-state index in [-0.39, 0.29) is 19.0 Å². The Morgan fingerprint density at radius 2 is 1.65 bits per heavy atom. The highest BCUT2D eigenvalue weighted by molar-refractivity contribution is 5.28. The van der Waals surface area contributed by atoms with Crippen molar-refractivity contribution in [1.82, 2.24) is 19.3 Å². The first-order chi connectivity index (χ1) is 15.1. The zero-order valence-electron chi connectivity index (χ0n) is 17.2. The summed E-state index contributed by atoms with van der Waals surface area (Å²) >= 11 is 0. The van der Waals surface area contributed by atoms with E-state index in [2.05, 4.69) is 34.3 Å². The van der Waals surface area contributed by atoms with Crippen LogP contribution in [0.5, 0.6) is 5.88 Å². The molecule has 7 heteroatoms. The average molecular weight is 418 g/mol. The summed E-state index contributed by atoms with van der Waals surface area (Å²) in [4.78, 5) is 16.0. The normalized spacial score (nSPS) is 10.9. The fourth-order valence-corrected chi connectivity index (χ4v) is 3.34. The van der Waals surface area contributed by atoms with Gasteiger partial charge < -0.3 is 4.74 Å². The Balaban J connectivity index is 1.33. The Kier molecular flexibility index (Phi) is 6.21. The molecule has 0 atom stereocenters. The first-order valence-electron chi connectivity index (χ1n) is 10.1. The zero-order valence-corrected chi connectivity index (χ0v) is 17.2. The molecule has 0 aliphatic rings. The number of hydrogen-bond acceptors (Lipinski definition) is 4. The van der Waals surface area contributed by atoms with Crippen molar-refractivity contribution in [2.24, 2.45) is 7.05 Å². The summed E-state index contributed by atoms with van der Waals surface area (Å²) in [6, 6.07) is 18.5. The lowest BCUT2D eigenvalue weighted by Crippen LogP contribution is -2.24. The molecule has 6 nitrogen and oxygen atoms in total. The Hall–Kier alpha value is -3.74. The predicted octanol–water partition coefficient (Wildman–Crippen LogP) is 3.38. The minimum atomic E-state index is -0.665. The summed E-state index contributed by atoms with van der Waals surface area (Å²) in [5, 5.41) is 4.04. The SMILES string of the molecule is Cn1cc(Cn2cc(F)c(OCCc3ccc(Cc4ccccc4)cc3)nc2=O)cn1. The van der Waals surface area contributed by atoms with E-state index in [0.29, 0.717) is 6.42 Å². The molecule has 2 heterocycles. The second-order valence-corrected chi connectivity index (χ2v) is 7.40. The van der Waals surface area contributed by atoms with Gasteiger partial charge in [-0.3, -0.25) is 9.25 Å². The van der Waals surface area contributed by atoms with Gasteiger partial charge in [0.1, 0.15) is 0 Å². The highest BCUT2D eigenvalue weighted by Gasteiger charge is 2.11. The van der Waals surface area contributed by atoms with Gasteiger partial charge in [0.05, 0.1) is 25.5 Å². The summed E-state index contributed by atoms with van der Waals surface area (Å²) < 4.78 is 22.6. The smallest absolute Gasteiger partial charge is 0.351 e. The van der Waals surface area contributed by atoms with Crippen molar-refractivity contribution in [3.05, 3.63) is 112 Å². The minimum Gasteiger partial charge on any atom is -0.475 e. The Bertz CT molecular complexity index is 1200. The van der Waals surface area contributed by atoms with Crippen molar-refractivity contribution in [1.29, 1.82) is 0 Å². The third-order valence-electron chi connectivity index (χ3n) is 4.93. The van der Waals surface area contributed by atoms with Crippen LogP contribution in [-0.4, -0.2) is 25.9 Å². The topological polar surface area (TPSA) is 61.9 Å². The van der Waals surface area contributed by atoms with E-state index in [4.69, 9.17) is 4.74 Å². The zero-order chi connectivity index (χ0) is 21.6. The van der Waals surface area contributed by atoms with Crippen LogP contribution in [0.15, 0.2) is 78.0 Å². The number of benzene rings is 2. The second-order valence-electron chi connectivity index (χ2n) is 7.40. The van der Waals surface area contributed by atoms with E-state index in [1.54, 1.807) is 24.1 Å². The Morgan fingerprint density at radius 3 is 2.35 bits per heavy atom. The van der Waals surface area contributed by atoms with E-state index in [1.807, 2.05) is 30.3 Å². The average Bonchev–Trinajstić information content (AvgIpc) is 3.18. The predicted molar refractivity (Wildman–Crippen MR) is 116 cm³/mol. The van der Waals surface area contributed by atoms with Crippen LogP contribution in [0.2, 0.25) is 0 Å². The summed E-state index contributed by atoms with van der Waals surface area (Å²) in [7, 11) is 1.78. The largest absolute Gasteiger partial charge is 0.475 e. The first kappa shape index (κ1) is 20.5. The van der Waals surface area contributed by atoms with Gasteiger partial charge in [0.2, 0.25) is 5.82 Å². The van der Waals surface area contributed by atoms with Gasteiger partial charge in [-0.05, 0) is 23.1 Å². The number of halogens is 1. The molecule has 2 aromatic heterocycles. The van der Waals surface area contributed by atoms with Crippen LogP contribution in [0.4, 0.5) is 4.39 Å². The van der Waals surface area contributed by atoms with Crippen LogP contribution in [-0.2, 0) is 26.4 Å². The molecule has 4 rings (SSSR count). The second kappa shape index (κ2) is 9.38. The Morgan fingerprint density at radius 1 is 0.935 bits per heavy atom. The first-order valence-corrected chi connectivity index (χ1v) is 10.1. The summed E-state index contributed by atoms with van der Waals surface area (Å²) in [6.45, 7) is 0.431. The van der Waals surface area contributed by atoms with E-state index in [1.165, 1.54) is 15.7 Å². The van der Waals surface area contributed by atoms with E-state index in [9.17, 15) is 9.18 Å². The molecule has 0 aliphatic heterocycles. The van der Waals surface area contributed by atoms with Crippen LogP contribution in [0.25, 0.3) is 0 Å². The van der Waals surface area contributed by atoms with E-state index < -0.39 is 11.5 Å². The van der Waals surface area contributed by atoms with Crippen molar-refractivity contribution in [2.75, 3.05) is 6.61 Å². The lowest BCUT2D eigenvalue weighted by atomic mass is 10.0. The molecule has 31 heavy (non-hydrogen) atoms. The maximum Gasteiger partial charge on any atom is 0.351 e. The molecule has 0 fully saturated rings. The van der Waals surface area contributed by atoms with Crippen molar-refractivity contribution in [3.8, 4) is 5.88 Å². The highest BCUT2D eigenvalue weighted by atomic mass is 19.1. The summed E-state index contributed by atoms with van der Waals surface area (Å²) in [5.41, 5.74) is 3.78. The molecule has 0 N–H and O–H groups in total. The number of ether oxygens (including phenoxy) is 1. The van der Waals surface area contributed by atoms with Crippen LogP contribution in [0, 0.1) is 5.82 Å². The third kappa shape index (κ3) is 5.45. The molecule has 0 radical (unpaired) electrons. The minimum absolute atomic E-state index is 0.201. The van der Waals surface area contributed by atoms with Crippen molar-refractivity contribution >= 4 is 0 Å². The molecule has 0 saturated heterocycles. The molecule has 158 valence electrons. The number of nitrogens with zero attached hydrogens (tertiary/aromatic N) is 4. The van der Waals surface area contributed by atoms with Crippen LogP contribution in [0.1, 0.15) is 22.3 Å². The fourth-order valence-electron chi connectivity index (χ4n) is 3.34. The molecule has 4 aromatic rings. The summed E-state index contributed by atoms with van der Waals surface area (Å²) in [5.74, 6) is -0.935. The van der Waals surface area contributed by atoms with Gasteiger partial charge in [-0.2, -0.15) is 14.5 Å². The molecule has 0 saturated carbocycles. The van der Waals surface area contributed by atoms with Crippen LogP contribution in [0.3, 0.4) is 0 Å². The lowest BCUT2D eigenvalue weighted by Gasteiger charge is -2.09. The van der Waals surface area contributed by atoms with Gasteiger partial charge in [0.25, 0.3) is 5.88 Å². The Labute approximate surface area is 179 Å². The molecule has 0 bridgehead atoms. The van der Waals surface area contributed by atoms with Gasteiger partial charge >= 0.3 is 5.69 Å². The standard InChI is InChI=1S/C24H23FN4O2/c1-28-15-21(14-26-28)16-29-17-22(25)23(27-24(29)30)31-12-11-18-7-9-20(10-8-18)13-19-5-3-2-4-6-19/h2-10,14-15,17H,11-13,16H2,1H3. The number of rotatable bonds is 8. The third-order valence-corrected chi connectivity index (χ3v) is 4.93. The molecular weight excluding hydrogens is 395 g/mol. The monoisotopic (exact) mass is 418 g/mol. The number of aromatic nitrogens is 4. The van der Waals surface area contributed by atoms with Crippen molar-refractivity contribution in [2.45, 2.75) is 19.4 Å². The van der Waals surface area contributed by atoms with Crippen LogP contribution < -0.4 is 10.4 Å². The molecule has 0 amide bonds. The highest BCUT2D eigenvalue weighted by Crippen LogP contribution is 2.14. The van der Waals surface area contributed by atoms with Gasteiger partial charge in [-0.1, -0.05) is 54.6 Å². The van der Waals surface area contributed by atoms with E-state index >= 15 is 0 Å². The molecule has 2 aromatic carbocycles. The maximum atomic E-state index is 14.4. The lowest BCUT2D eigenvalue weighted by molar-refractivity contribution is 0.287. The summed E-state index contributed by atoms with van der Waals surface area (Å²) in [6.07, 6.45) is 5.98. The quantitative estimate of drug-likeness (QED) is 0.440. The van der Waals surface area contributed by atoms with Crippen molar-refractivity contribution < 1.29 is 9.13 Å². The van der Waals surface area contributed by atoms with Gasteiger partial charge in [0, 0.05) is 25.2 Å². The molecule has 0 unspecified atom stereocenters.